The number of aryl methyl sites for hydroxylation is 2. The van der Waals surface area contributed by atoms with E-state index in [1.807, 2.05) is 19.9 Å². The first-order valence-corrected chi connectivity index (χ1v) is 7.40. The molecule has 2 N–H and O–H groups in total. The molecule has 2 heterocycles. The van der Waals surface area contributed by atoms with Crippen LogP contribution < -0.4 is 5.32 Å². The maximum atomic E-state index is 12.1. The lowest BCUT2D eigenvalue weighted by molar-refractivity contribution is -0.115. The minimum atomic E-state index is -0.103. The Hall–Kier alpha value is -2.11. The summed E-state index contributed by atoms with van der Waals surface area (Å²) in [6.45, 7) is 3.65. The Bertz CT molecular complexity index is 618. The van der Waals surface area contributed by atoms with Gasteiger partial charge < -0.3 is 9.84 Å². The van der Waals surface area contributed by atoms with Crippen LogP contribution in [0.15, 0.2) is 10.6 Å². The number of nitrogens with one attached hydrogen (secondary N) is 2. The van der Waals surface area contributed by atoms with E-state index in [0.717, 1.165) is 17.0 Å². The highest BCUT2D eigenvalue weighted by molar-refractivity contribution is 5.91. The first kappa shape index (κ1) is 13.9. The zero-order valence-corrected chi connectivity index (χ0v) is 12.4. The molecule has 0 aliphatic heterocycles. The van der Waals surface area contributed by atoms with Crippen molar-refractivity contribution >= 4 is 11.7 Å². The number of carbonyl (C=O) groups is 1. The molecule has 0 bridgehead atoms. The predicted molar refractivity (Wildman–Crippen MR) is 78.1 cm³/mol. The number of H-pyrrole nitrogens is 1. The highest BCUT2D eigenvalue weighted by Crippen LogP contribution is 2.33. The SMILES string of the molecule is Cc1noc(C)c1CC(=O)Nc1cc(C2CCCC2)[nH]n1. The number of hydrogen-bond acceptors (Lipinski definition) is 4. The normalized spacial score (nSPS) is 15.5. The summed E-state index contributed by atoms with van der Waals surface area (Å²) in [7, 11) is 0. The van der Waals surface area contributed by atoms with E-state index in [0.29, 0.717) is 17.5 Å². The molecule has 1 amide bonds. The predicted octanol–water partition coefficient (Wildman–Crippen LogP) is 2.85. The van der Waals surface area contributed by atoms with Crippen molar-refractivity contribution in [1.82, 2.24) is 15.4 Å². The number of aromatic amines is 1. The Morgan fingerprint density at radius 2 is 2.19 bits per heavy atom. The van der Waals surface area contributed by atoms with Crippen LogP contribution in [0, 0.1) is 13.8 Å². The third-order valence-corrected chi connectivity index (χ3v) is 4.18. The van der Waals surface area contributed by atoms with Crippen molar-refractivity contribution < 1.29 is 9.32 Å². The Balaban J connectivity index is 1.62. The van der Waals surface area contributed by atoms with E-state index in [1.165, 1.54) is 25.7 Å². The largest absolute Gasteiger partial charge is 0.361 e. The molecule has 1 fully saturated rings. The molecule has 1 aliphatic rings. The quantitative estimate of drug-likeness (QED) is 0.906. The number of amides is 1. The van der Waals surface area contributed by atoms with Crippen LogP contribution in [-0.4, -0.2) is 21.3 Å². The summed E-state index contributed by atoms with van der Waals surface area (Å²) in [5.74, 6) is 1.74. The molecule has 0 spiro atoms. The Morgan fingerprint density at radius 1 is 1.43 bits per heavy atom. The fourth-order valence-electron chi connectivity index (χ4n) is 2.95. The van der Waals surface area contributed by atoms with Crippen molar-refractivity contribution in [2.45, 2.75) is 51.9 Å². The summed E-state index contributed by atoms with van der Waals surface area (Å²) < 4.78 is 5.07. The van der Waals surface area contributed by atoms with Crippen molar-refractivity contribution in [3.63, 3.8) is 0 Å². The van der Waals surface area contributed by atoms with Gasteiger partial charge in [0.1, 0.15) is 5.76 Å². The second kappa shape index (κ2) is 5.71. The standard InChI is InChI=1S/C15H20N4O2/c1-9-12(10(2)21-19-9)7-15(20)16-14-8-13(17-18-14)11-5-3-4-6-11/h8,11H,3-7H2,1-2H3,(H2,16,17,18,20). The molecule has 0 atom stereocenters. The second-order valence-corrected chi connectivity index (χ2v) is 5.72. The molecule has 6 heteroatoms. The molecule has 2 aromatic rings. The van der Waals surface area contributed by atoms with E-state index in [9.17, 15) is 4.79 Å². The van der Waals surface area contributed by atoms with E-state index in [-0.39, 0.29) is 12.3 Å². The minimum Gasteiger partial charge on any atom is -0.361 e. The smallest absolute Gasteiger partial charge is 0.230 e. The molecule has 3 rings (SSSR count). The van der Waals surface area contributed by atoms with Crippen molar-refractivity contribution in [2.24, 2.45) is 0 Å². The van der Waals surface area contributed by atoms with Gasteiger partial charge >= 0.3 is 0 Å². The molecule has 0 saturated heterocycles. The van der Waals surface area contributed by atoms with Crippen LogP contribution in [0.1, 0.15) is 54.3 Å². The summed E-state index contributed by atoms with van der Waals surface area (Å²) in [6.07, 6.45) is 5.21. The van der Waals surface area contributed by atoms with Gasteiger partial charge in [0.2, 0.25) is 5.91 Å². The van der Waals surface area contributed by atoms with Gasteiger partial charge in [-0.3, -0.25) is 9.89 Å². The lowest BCUT2D eigenvalue weighted by atomic mass is 10.0. The fraction of sp³-hybridized carbons (Fsp3) is 0.533. The average Bonchev–Trinajstić information content (AvgIpc) is 3.16. The van der Waals surface area contributed by atoms with Gasteiger partial charge in [0.25, 0.3) is 0 Å². The van der Waals surface area contributed by atoms with Crippen LogP contribution in [0.5, 0.6) is 0 Å². The van der Waals surface area contributed by atoms with Gasteiger partial charge in [0.05, 0.1) is 12.1 Å². The molecular formula is C15H20N4O2. The van der Waals surface area contributed by atoms with Crippen LogP contribution in [0.2, 0.25) is 0 Å². The first-order chi connectivity index (χ1) is 10.1. The van der Waals surface area contributed by atoms with E-state index in [2.05, 4.69) is 20.7 Å². The molecule has 0 radical (unpaired) electrons. The summed E-state index contributed by atoms with van der Waals surface area (Å²) in [5.41, 5.74) is 2.73. The average molecular weight is 288 g/mol. The van der Waals surface area contributed by atoms with Gasteiger partial charge in [0, 0.05) is 23.2 Å². The Labute approximate surface area is 123 Å². The minimum absolute atomic E-state index is 0.103. The fourth-order valence-corrected chi connectivity index (χ4v) is 2.95. The van der Waals surface area contributed by atoms with Gasteiger partial charge in [-0.05, 0) is 26.7 Å². The zero-order chi connectivity index (χ0) is 14.8. The van der Waals surface area contributed by atoms with Crippen molar-refractivity contribution in [1.29, 1.82) is 0 Å². The first-order valence-electron chi connectivity index (χ1n) is 7.40. The van der Waals surface area contributed by atoms with E-state index < -0.39 is 0 Å². The number of rotatable bonds is 4. The lowest BCUT2D eigenvalue weighted by Crippen LogP contribution is -2.15. The number of hydrogen-bond donors (Lipinski definition) is 2. The summed E-state index contributed by atoms with van der Waals surface area (Å²) in [5, 5.41) is 13.9. The molecule has 0 aromatic carbocycles. The van der Waals surface area contributed by atoms with Crippen LogP contribution in [0.3, 0.4) is 0 Å². The van der Waals surface area contributed by atoms with Gasteiger partial charge in [0.15, 0.2) is 5.82 Å². The van der Waals surface area contributed by atoms with Gasteiger partial charge in [-0.2, -0.15) is 5.10 Å². The third-order valence-electron chi connectivity index (χ3n) is 4.18. The highest BCUT2D eigenvalue weighted by Gasteiger charge is 2.20. The highest BCUT2D eigenvalue weighted by atomic mass is 16.5. The van der Waals surface area contributed by atoms with Crippen LogP contribution in [-0.2, 0) is 11.2 Å². The Morgan fingerprint density at radius 3 is 2.86 bits per heavy atom. The van der Waals surface area contributed by atoms with Gasteiger partial charge in [-0.1, -0.05) is 18.0 Å². The van der Waals surface area contributed by atoms with Gasteiger partial charge in [-0.15, -0.1) is 0 Å². The number of aromatic nitrogens is 3. The van der Waals surface area contributed by atoms with Crippen molar-refractivity contribution in [3.8, 4) is 0 Å². The summed E-state index contributed by atoms with van der Waals surface area (Å²) in [4.78, 5) is 12.1. The third kappa shape index (κ3) is 2.99. The van der Waals surface area contributed by atoms with E-state index >= 15 is 0 Å². The van der Waals surface area contributed by atoms with Gasteiger partial charge in [-0.25, -0.2) is 0 Å². The maximum absolute atomic E-state index is 12.1. The number of nitrogens with zero attached hydrogens (tertiary/aromatic N) is 2. The van der Waals surface area contributed by atoms with Crippen molar-refractivity contribution in [3.05, 3.63) is 28.8 Å². The van der Waals surface area contributed by atoms with Crippen LogP contribution in [0.25, 0.3) is 0 Å². The molecule has 21 heavy (non-hydrogen) atoms. The molecule has 112 valence electrons. The van der Waals surface area contributed by atoms with E-state index in [1.54, 1.807) is 0 Å². The molecule has 1 saturated carbocycles. The zero-order valence-electron chi connectivity index (χ0n) is 12.4. The van der Waals surface area contributed by atoms with Crippen LogP contribution in [0.4, 0.5) is 5.82 Å². The summed E-state index contributed by atoms with van der Waals surface area (Å²) in [6, 6.07) is 1.95. The van der Waals surface area contributed by atoms with E-state index in [4.69, 9.17) is 4.52 Å². The molecule has 6 nitrogen and oxygen atoms in total. The maximum Gasteiger partial charge on any atom is 0.230 e. The second-order valence-electron chi connectivity index (χ2n) is 5.72. The molecule has 1 aliphatic carbocycles. The summed E-state index contributed by atoms with van der Waals surface area (Å²) >= 11 is 0. The lowest BCUT2D eigenvalue weighted by Gasteiger charge is -2.03. The molecule has 0 unspecified atom stereocenters. The topological polar surface area (TPSA) is 83.8 Å². The Kier molecular flexibility index (Phi) is 3.77. The number of anilines is 1. The molecule has 2 aromatic heterocycles. The number of carbonyl (C=O) groups excluding carboxylic acids is 1. The van der Waals surface area contributed by atoms with Crippen LogP contribution >= 0.6 is 0 Å². The van der Waals surface area contributed by atoms with Crippen molar-refractivity contribution in [2.75, 3.05) is 5.32 Å². The monoisotopic (exact) mass is 288 g/mol. The molecular weight excluding hydrogens is 268 g/mol.